The van der Waals surface area contributed by atoms with Gasteiger partial charge in [-0.05, 0) is 31.2 Å². The molecule has 34 heavy (non-hydrogen) atoms. The van der Waals surface area contributed by atoms with Crippen molar-refractivity contribution in [3.8, 4) is 0 Å². The number of nitrogens with one attached hydrogen (secondary N) is 4. The molecule has 15 heteroatoms. The number of nitrogens with zero attached hydrogens (tertiary/aromatic N) is 4. The Morgan fingerprint density at radius 2 is 1.38 bits per heavy atom. The van der Waals surface area contributed by atoms with E-state index in [9.17, 15) is 29.8 Å². The molecule has 1 heterocycles. The monoisotopic (exact) mass is 486 g/mol. The second kappa shape index (κ2) is 10.2. The van der Waals surface area contributed by atoms with Gasteiger partial charge in [0.25, 0.3) is 17.5 Å². The molecule has 3 aromatic rings. The number of carbonyl (C=O) groups excluding carboxylic acids is 2. The van der Waals surface area contributed by atoms with E-state index in [1.54, 1.807) is 24.3 Å². The number of hydrogen-bond donors (Lipinski definition) is 4. The fourth-order valence-corrected chi connectivity index (χ4v) is 2.80. The van der Waals surface area contributed by atoms with Gasteiger partial charge >= 0.3 is 5.69 Å². The number of anilines is 2. The summed E-state index contributed by atoms with van der Waals surface area (Å²) in [7, 11) is 0. The van der Waals surface area contributed by atoms with Crippen molar-refractivity contribution in [3.63, 3.8) is 0 Å². The Morgan fingerprint density at radius 3 is 1.91 bits per heavy atom. The average Bonchev–Trinajstić information content (AvgIpc) is 2.81. The molecule has 0 aliphatic heterocycles. The Kier molecular flexibility index (Phi) is 7.13. The molecule has 2 amide bonds. The summed E-state index contributed by atoms with van der Waals surface area (Å²) in [5, 5.41) is 22.4. The molecule has 0 bridgehead atoms. The molecule has 0 aliphatic rings. The number of aromatic nitrogens is 2. The summed E-state index contributed by atoms with van der Waals surface area (Å²) in [5.74, 6) is -2.20. The Morgan fingerprint density at radius 1 is 0.853 bits per heavy atom. The van der Waals surface area contributed by atoms with Crippen LogP contribution in [0.2, 0.25) is 5.02 Å². The number of benzene rings is 2. The van der Waals surface area contributed by atoms with Crippen molar-refractivity contribution in [2.24, 2.45) is 0 Å². The van der Waals surface area contributed by atoms with Crippen LogP contribution in [-0.2, 0) is 0 Å². The Balaban J connectivity index is 1.74. The van der Waals surface area contributed by atoms with Crippen LogP contribution in [0.1, 0.15) is 26.3 Å². The summed E-state index contributed by atoms with van der Waals surface area (Å²) in [5.41, 5.74) is 9.02. The highest BCUT2D eigenvalue weighted by molar-refractivity contribution is 6.32. The molecule has 0 aliphatic carbocycles. The second-order valence-corrected chi connectivity index (χ2v) is 7.03. The Labute approximate surface area is 195 Å². The lowest BCUT2D eigenvalue weighted by Crippen LogP contribution is -2.32. The number of aryl methyl sites for hydroxylation is 1. The van der Waals surface area contributed by atoms with E-state index < -0.39 is 38.9 Å². The maximum Gasteiger partial charge on any atom is 0.356 e. The molecule has 0 unspecified atom stereocenters. The molecule has 14 nitrogen and oxygen atoms in total. The van der Waals surface area contributed by atoms with Gasteiger partial charge in [-0.25, -0.2) is 9.97 Å². The normalized spacial score (nSPS) is 10.2. The van der Waals surface area contributed by atoms with Crippen LogP contribution in [0.4, 0.5) is 23.0 Å². The molecule has 174 valence electrons. The van der Waals surface area contributed by atoms with Crippen molar-refractivity contribution >= 4 is 46.4 Å². The number of hydrazine groups is 2. The highest BCUT2D eigenvalue weighted by Crippen LogP contribution is 2.28. The lowest BCUT2D eigenvalue weighted by Gasteiger charge is -2.11. The maximum absolute atomic E-state index is 12.3. The zero-order valence-electron chi connectivity index (χ0n) is 17.2. The van der Waals surface area contributed by atoms with Gasteiger partial charge in [0.05, 0.1) is 9.85 Å². The quantitative estimate of drug-likeness (QED) is 0.271. The van der Waals surface area contributed by atoms with E-state index >= 15 is 0 Å². The molecule has 0 radical (unpaired) electrons. The van der Waals surface area contributed by atoms with Crippen molar-refractivity contribution in [1.29, 1.82) is 0 Å². The fraction of sp³-hybridized carbons (Fsp3) is 0.0526. The van der Waals surface area contributed by atoms with Crippen molar-refractivity contribution in [3.05, 3.63) is 90.7 Å². The lowest BCUT2D eigenvalue weighted by molar-refractivity contribution is -0.384. The first-order valence-electron chi connectivity index (χ1n) is 9.30. The van der Waals surface area contributed by atoms with E-state index in [2.05, 4.69) is 31.7 Å². The van der Waals surface area contributed by atoms with Crippen molar-refractivity contribution in [2.45, 2.75) is 6.92 Å². The Bertz CT molecular complexity index is 1280. The van der Waals surface area contributed by atoms with Gasteiger partial charge in [0.2, 0.25) is 11.6 Å². The highest BCUT2D eigenvalue weighted by Gasteiger charge is 2.24. The molecular weight excluding hydrogens is 472 g/mol. The molecule has 4 N–H and O–H groups in total. The number of amides is 2. The van der Waals surface area contributed by atoms with Crippen LogP contribution >= 0.6 is 11.6 Å². The maximum atomic E-state index is 12.3. The third kappa shape index (κ3) is 5.49. The second-order valence-electron chi connectivity index (χ2n) is 6.62. The van der Waals surface area contributed by atoms with Crippen LogP contribution in [0.3, 0.4) is 0 Å². The van der Waals surface area contributed by atoms with Gasteiger partial charge in [0.15, 0.2) is 0 Å². The SMILES string of the molecule is Cc1ccc(C(=O)NNc2ncnc(NNC(=O)c3ccc(Cl)c([N+](=O)[O-])c3)c2[N+](=O)[O-])cc1. The molecule has 0 spiro atoms. The number of carbonyl (C=O) groups is 2. The molecule has 0 fully saturated rings. The van der Waals surface area contributed by atoms with E-state index in [0.29, 0.717) is 5.56 Å². The summed E-state index contributed by atoms with van der Waals surface area (Å²) in [6, 6.07) is 9.94. The third-order valence-corrected chi connectivity index (χ3v) is 4.63. The van der Waals surface area contributed by atoms with Crippen molar-refractivity contribution < 1.29 is 19.4 Å². The standard InChI is InChI=1S/C19H15ClN8O6/c1-10-2-4-11(5-3-10)18(29)25-23-16-15(28(33)34)17(22-9-21-16)24-26-19(30)12-6-7-13(20)14(8-12)27(31)32/h2-9H,1H3,(H,25,29)(H,26,30)(H2,21,22,23,24). The summed E-state index contributed by atoms with van der Waals surface area (Å²) in [4.78, 5) is 53.1. The molecule has 2 aromatic carbocycles. The molecular formula is C19H15ClN8O6. The average molecular weight is 487 g/mol. The van der Waals surface area contributed by atoms with Gasteiger partial charge in [-0.3, -0.25) is 51.5 Å². The zero-order valence-corrected chi connectivity index (χ0v) is 18.0. The van der Waals surface area contributed by atoms with Crippen molar-refractivity contribution in [2.75, 3.05) is 10.9 Å². The summed E-state index contributed by atoms with van der Waals surface area (Å²) in [6.45, 7) is 1.85. The Hall–Kier alpha value is -4.85. The van der Waals surface area contributed by atoms with Gasteiger partial charge < -0.3 is 0 Å². The van der Waals surface area contributed by atoms with Gasteiger partial charge in [0, 0.05) is 17.2 Å². The van der Waals surface area contributed by atoms with Gasteiger partial charge in [-0.2, -0.15) is 0 Å². The van der Waals surface area contributed by atoms with Crippen LogP contribution in [0.15, 0.2) is 48.8 Å². The predicted octanol–water partition coefficient (Wildman–Crippen LogP) is 2.77. The van der Waals surface area contributed by atoms with E-state index in [0.717, 1.165) is 18.0 Å². The highest BCUT2D eigenvalue weighted by atomic mass is 35.5. The fourth-order valence-electron chi connectivity index (χ4n) is 2.61. The number of halogens is 1. The minimum atomic E-state index is -0.852. The zero-order chi connectivity index (χ0) is 24.8. The topological polar surface area (TPSA) is 194 Å². The first-order valence-corrected chi connectivity index (χ1v) is 9.68. The molecule has 0 atom stereocenters. The van der Waals surface area contributed by atoms with Gasteiger partial charge in [-0.1, -0.05) is 29.3 Å². The molecule has 0 saturated carbocycles. The van der Waals surface area contributed by atoms with Crippen molar-refractivity contribution in [1.82, 2.24) is 20.8 Å². The first-order chi connectivity index (χ1) is 16.2. The first kappa shape index (κ1) is 23.8. The smallest absolute Gasteiger partial charge is 0.276 e. The summed E-state index contributed by atoms with van der Waals surface area (Å²) >= 11 is 5.72. The minimum Gasteiger partial charge on any atom is -0.276 e. The number of nitro groups is 2. The minimum absolute atomic E-state index is 0.135. The van der Waals surface area contributed by atoms with E-state index in [4.69, 9.17) is 11.6 Å². The van der Waals surface area contributed by atoms with E-state index in [1.807, 2.05) is 6.92 Å². The van der Waals surface area contributed by atoms with E-state index in [-0.39, 0.29) is 16.4 Å². The third-order valence-electron chi connectivity index (χ3n) is 4.31. The van der Waals surface area contributed by atoms with Crippen LogP contribution in [0.25, 0.3) is 0 Å². The number of nitro benzene ring substituents is 1. The number of rotatable bonds is 8. The lowest BCUT2D eigenvalue weighted by atomic mass is 10.1. The van der Waals surface area contributed by atoms with E-state index in [1.165, 1.54) is 12.1 Å². The van der Waals surface area contributed by atoms with Crippen LogP contribution in [0, 0.1) is 27.2 Å². The molecule has 1 aromatic heterocycles. The predicted molar refractivity (Wildman–Crippen MR) is 120 cm³/mol. The largest absolute Gasteiger partial charge is 0.356 e. The summed E-state index contributed by atoms with van der Waals surface area (Å²) in [6.07, 6.45) is 0.953. The van der Waals surface area contributed by atoms with Crippen LogP contribution in [0.5, 0.6) is 0 Å². The molecule has 0 saturated heterocycles. The van der Waals surface area contributed by atoms with Crippen LogP contribution < -0.4 is 21.7 Å². The van der Waals surface area contributed by atoms with Gasteiger partial charge in [0.1, 0.15) is 11.3 Å². The van der Waals surface area contributed by atoms with Gasteiger partial charge in [-0.15, -0.1) is 0 Å². The van der Waals surface area contributed by atoms with Crippen LogP contribution in [-0.4, -0.2) is 31.6 Å². The molecule has 3 rings (SSSR count). The number of hydrogen-bond acceptors (Lipinski definition) is 10. The summed E-state index contributed by atoms with van der Waals surface area (Å²) < 4.78 is 0.